The van der Waals surface area contributed by atoms with Crippen molar-refractivity contribution in [2.24, 2.45) is 0 Å². The molecular weight excluding hydrogens is 436 g/mol. The fourth-order valence-corrected chi connectivity index (χ4v) is 3.64. The van der Waals surface area contributed by atoms with E-state index in [2.05, 4.69) is 53.9 Å². The third-order valence-electron chi connectivity index (χ3n) is 3.13. The Balaban J connectivity index is 2.64. The average molecular weight is 443 g/mol. The van der Waals surface area contributed by atoms with Gasteiger partial charge in [-0.25, -0.2) is 0 Å². The molecule has 3 aromatic carbocycles. The summed E-state index contributed by atoms with van der Waals surface area (Å²) in [6.07, 6.45) is 0.902. The summed E-state index contributed by atoms with van der Waals surface area (Å²) in [4.78, 5) is 11.4. The lowest BCUT2D eigenvalue weighted by atomic mass is 9.98. The minimum absolute atomic E-state index is 0.682. The highest BCUT2D eigenvalue weighted by Crippen LogP contribution is 2.37. The molecule has 0 saturated carbocycles. The first-order chi connectivity index (χ1) is 9.11. The molecule has 0 aliphatic heterocycles. The van der Waals surface area contributed by atoms with Crippen molar-refractivity contribution in [3.05, 3.63) is 55.4 Å². The highest BCUT2D eigenvalue weighted by Gasteiger charge is 2.12. The zero-order valence-electron chi connectivity index (χ0n) is 9.58. The number of hydrogen-bond acceptors (Lipinski definition) is 1. The Bertz CT molecular complexity index is 825. The molecule has 1 nitrogen and oxygen atoms in total. The molecular formula is C15H7Br3O. The Morgan fingerprint density at radius 3 is 1.84 bits per heavy atom. The van der Waals surface area contributed by atoms with E-state index in [4.69, 9.17) is 0 Å². The van der Waals surface area contributed by atoms with Crippen LogP contribution in [0.1, 0.15) is 10.4 Å². The van der Waals surface area contributed by atoms with Gasteiger partial charge in [-0.1, -0.05) is 44.0 Å². The van der Waals surface area contributed by atoms with Crippen LogP contribution < -0.4 is 0 Å². The summed E-state index contributed by atoms with van der Waals surface area (Å²) in [6, 6.07) is 12.1. The second-order valence-electron chi connectivity index (χ2n) is 4.23. The number of hydrogen-bond donors (Lipinski definition) is 0. The Labute approximate surface area is 135 Å². The molecule has 0 aromatic heterocycles. The standard InChI is InChI=1S/C15H7Br3O/c16-8-1-3-10-11-4-2-9(17)6-13(11)15(18)14(7-19)12(10)5-8/h1-7H. The maximum atomic E-state index is 11.4. The summed E-state index contributed by atoms with van der Waals surface area (Å²) in [5.74, 6) is 0. The molecule has 0 heterocycles. The van der Waals surface area contributed by atoms with Crippen LogP contribution in [0.5, 0.6) is 0 Å². The van der Waals surface area contributed by atoms with Gasteiger partial charge in [0.15, 0.2) is 6.29 Å². The highest BCUT2D eigenvalue weighted by molar-refractivity contribution is 9.11. The van der Waals surface area contributed by atoms with E-state index >= 15 is 0 Å². The van der Waals surface area contributed by atoms with E-state index in [1.54, 1.807) is 0 Å². The average Bonchev–Trinajstić information content (AvgIpc) is 2.39. The van der Waals surface area contributed by atoms with Crippen LogP contribution in [0.4, 0.5) is 0 Å². The van der Waals surface area contributed by atoms with E-state index in [0.29, 0.717) is 5.56 Å². The number of fused-ring (bicyclic) bond motifs is 3. The number of benzene rings is 3. The number of halogens is 3. The van der Waals surface area contributed by atoms with Gasteiger partial charge in [0, 0.05) is 19.0 Å². The quantitative estimate of drug-likeness (QED) is 0.329. The monoisotopic (exact) mass is 440 g/mol. The van der Waals surface area contributed by atoms with Gasteiger partial charge in [-0.05, 0) is 61.7 Å². The molecule has 19 heavy (non-hydrogen) atoms. The summed E-state index contributed by atoms with van der Waals surface area (Å²) in [5.41, 5.74) is 0.682. The van der Waals surface area contributed by atoms with Crippen molar-refractivity contribution in [2.45, 2.75) is 0 Å². The van der Waals surface area contributed by atoms with E-state index in [9.17, 15) is 4.79 Å². The van der Waals surface area contributed by atoms with Crippen molar-refractivity contribution in [1.82, 2.24) is 0 Å². The molecule has 3 rings (SSSR count). The third-order valence-corrected chi connectivity index (χ3v) is 4.98. The SMILES string of the molecule is O=Cc1c(Br)c2cc(Br)ccc2c2ccc(Br)cc12. The van der Waals surface area contributed by atoms with Crippen LogP contribution in [0.3, 0.4) is 0 Å². The van der Waals surface area contributed by atoms with Gasteiger partial charge in [0.1, 0.15) is 0 Å². The maximum Gasteiger partial charge on any atom is 0.151 e. The lowest BCUT2D eigenvalue weighted by Gasteiger charge is -2.11. The van der Waals surface area contributed by atoms with Crippen molar-refractivity contribution in [3.8, 4) is 0 Å². The first-order valence-electron chi connectivity index (χ1n) is 5.57. The first kappa shape index (κ1) is 13.3. The largest absolute Gasteiger partial charge is 0.298 e. The van der Waals surface area contributed by atoms with Crippen molar-refractivity contribution in [1.29, 1.82) is 0 Å². The molecule has 0 N–H and O–H groups in total. The van der Waals surface area contributed by atoms with E-state index in [-0.39, 0.29) is 0 Å². The molecule has 3 aromatic rings. The number of carbonyl (C=O) groups is 1. The van der Waals surface area contributed by atoms with E-state index in [0.717, 1.165) is 41.2 Å². The molecule has 0 atom stereocenters. The van der Waals surface area contributed by atoms with Crippen LogP contribution in [0.25, 0.3) is 21.5 Å². The molecule has 0 bridgehead atoms. The second-order valence-corrected chi connectivity index (χ2v) is 6.85. The normalized spacial score (nSPS) is 11.1. The van der Waals surface area contributed by atoms with Crippen molar-refractivity contribution in [2.75, 3.05) is 0 Å². The van der Waals surface area contributed by atoms with Crippen LogP contribution in [0.15, 0.2) is 49.8 Å². The van der Waals surface area contributed by atoms with Gasteiger partial charge in [-0.15, -0.1) is 0 Å². The summed E-state index contributed by atoms with van der Waals surface area (Å²) >= 11 is 10.5. The Kier molecular flexibility index (Phi) is 3.50. The Morgan fingerprint density at radius 2 is 1.26 bits per heavy atom. The Morgan fingerprint density at radius 1 is 0.737 bits per heavy atom. The smallest absolute Gasteiger partial charge is 0.151 e. The van der Waals surface area contributed by atoms with Gasteiger partial charge < -0.3 is 0 Å². The van der Waals surface area contributed by atoms with Gasteiger partial charge in [0.2, 0.25) is 0 Å². The van der Waals surface area contributed by atoms with Crippen LogP contribution in [0.2, 0.25) is 0 Å². The van der Waals surface area contributed by atoms with Gasteiger partial charge in [0.05, 0.1) is 0 Å². The number of rotatable bonds is 1. The van der Waals surface area contributed by atoms with Crippen molar-refractivity contribution < 1.29 is 4.79 Å². The fraction of sp³-hybridized carbons (Fsp3) is 0. The molecule has 0 fully saturated rings. The third kappa shape index (κ3) is 2.16. The summed E-state index contributed by atoms with van der Waals surface area (Å²) in [5, 5.41) is 4.19. The molecule has 0 spiro atoms. The molecule has 0 aliphatic rings. The first-order valence-corrected chi connectivity index (χ1v) is 7.95. The molecule has 0 saturated heterocycles. The highest BCUT2D eigenvalue weighted by atomic mass is 79.9. The van der Waals surface area contributed by atoms with Gasteiger partial charge in [-0.2, -0.15) is 0 Å². The molecule has 0 aliphatic carbocycles. The molecule has 4 heteroatoms. The van der Waals surface area contributed by atoms with Gasteiger partial charge in [0.25, 0.3) is 0 Å². The lowest BCUT2D eigenvalue weighted by Crippen LogP contribution is -1.89. The van der Waals surface area contributed by atoms with Crippen LogP contribution in [0, 0.1) is 0 Å². The predicted molar refractivity (Wildman–Crippen MR) is 89.9 cm³/mol. The van der Waals surface area contributed by atoms with Crippen molar-refractivity contribution in [3.63, 3.8) is 0 Å². The van der Waals surface area contributed by atoms with Crippen molar-refractivity contribution >= 4 is 75.6 Å². The van der Waals surface area contributed by atoms with Crippen LogP contribution >= 0.6 is 47.8 Å². The Hall–Kier alpha value is -0.710. The molecule has 94 valence electrons. The zero-order valence-corrected chi connectivity index (χ0v) is 14.3. The van der Waals surface area contributed by atoms with Crippen LogP contribution in [-0.4, -0.2) is 6.29 Å². The van der Waals surface area contributed by atoms with Gasteiger partial charge in [-0.3, -0.25) is 4.79 Å². The van der Waals surface area contributed by atoms with E-state index in [1.165, 1.54) is 0 Å². The fourth-order valence-electron chi connectivity index (χ4n) is 2.29. The zero-order chi connectivity index (χ0) is 13.6. The second kappa shape index (κ2) is 5.00. The van der Waals surface area contributed by atoms with Gasteiger partial charge >= 0.3 is 0 Å². The maximum absolute atomic E-state index is 11.4. The molecule has 0 amide bonds. The number of carbonyl (C=O) groups excluding carboxylic acids is 1. The summed E-state index contributed by atoms with van der Waals surface area (Å²) < 4.78 is 2.80. The van der Waals surface area contributed by atoms with E-state index in [1.807, 2.05) is 30.3 Å². The summed E-state index contributed by atoms with van der Waals surface area (Å²) in [6.45, 7) is 0. The lowest BCUT2D eigenvalue weighted by molar-refractivity contribution is 0.112. The van der Waals surface area contributed by atoms with E-state index < -0.39 is 0 Å². The summed E-state index contributed by atoms with van der Waals surface area (Å²) in [7, 11) is 0. The molecule has 0 unspecified atom stereocenters. The molecule has 0 radical (unpaired) electrons. The topological polar surface area (TPSA) is 17.1 Å². The number of aldehydes is 1. The van der Waals surface area contributed by atoms with Crippen LogP contribution in [-0.2, 0) is 0 Å². The minimum Gasteiger partial charge on any atom is -0.298 e. The minimum atomic E-state index is 0.682. The predicted octanol–water partition coefficient (Wildman–Crippen LogP) is 6.09.